The molecule has 0 amide bonds. The van der Waals surface area contributed by atoms with Crippen LogP contribution < -0.4 is 0 Å². The van der Waals surface area contributed by atoms with Crippen LogP contribution in [0.15, 0.2) is 5.18 Å². The zero-order valence-electron chi connectivity index (χ0n) is 7.54. The van der Waals surface area contributed by atoms with Crippen molar-refractivity contribution in [1.82, 2.24) is 0 Å². The van der Waals surface area contributed by atoms with Crippen molar-refractivity contribution >= 4 is 0 Å². The Kier molecular flexibility index (Phi) is 6.03. The summed E-state index contributed by atoms with van der Waals surface area (Å²) >= 11 is 0. The molecule has 0 spiro atoms. The van der Waals surface area contributed by atoms with E-state index in [1.54, 1.807) is 0 Å². The second-order valence-electron chi connectivity index (χ2n) is 3.05. The van der Waals surface area contributed by atoms with Crippen LogP contribution in [0, 0.1) is 16.7 Å². The van der Waals surface area contributed by atoms with Gasteiger partial charge in [0.05, 0.1) is 7.05 Å². The molecule has 66 valence electrons. The highest BCUT2D eigenvalue weighted by Gasteiger charge is 2.17. The summed E-state index contributed by atoms with van der Waals surface area (Å²) in [6.45, 7) is 6.51. The average molecular weight is 159 g/mol. The van der Waals surface area contributed by atoms with E-state index in [4.69, 9.17) is 9.64 Å². The fraction of sp³-hybridized carbons (Fsp3) is 1.00. The molecular weight excluding hydrogens is 142 g/mol. The van der Waals surface area contributed by atoms with Crippen LogP contribution in [0.4, 0.5) is 0 Å². The molecule has 3 nitrogen and oxygen atoms in total. The summed E-state index contributed by atoms with van der Waals surface area (Å²) in [5, 5.41) is 2.25. The molecule has 1 fully saturated rings. The fourth-order valence-corrected chi connectivity index (χ4v) is 1.08. The highest BCUT2D eigenvalue weighted by molar-refractivity contribution is 4.66. The maximum Gasteiger partial charge on any atom is 0.0700 e. The van der Waals surface area contributed by atoms with Crippen LogP contribution in [-0.4, -0.2) is 20.3 Å². The van der Waals surface area contributed by atoms with Gasteiger partial charge in [-0.25, -0.2) is 0 Å². The molecule has 0 radical (unpaired) electrons. The molecule has 0 aliphatic carbocycles. The second kappa shape index (κ2) is 6.28. The van der Waals surface area contributed by atoms with E-state index in [0.717, 1.165) is 25.0 Å². The van der Waals surface area contributed by atoms with Gasteiger partial charge in [0.2, 0.25) is 0 Å². The minimum Gasteiger partial charge on any atom is -0.381 e. The van der Waals surface area contributed by atoms with Crippen molar-refractivity contribution in [3.8, 4) is 0 Å². The summed E-state index contributed by atoms with van der Waals surface area (Å²) in [6, 6.07) is 0. The Morgan fingerprint density at radius 2 is 2.09 bits per heavy atom. The predicted octanol–water partition coefficient (Wildman–Crippen LogP) is 2.06. The van der Waals surface area contributed by atoms with Gasteiger partial charge in [-0.2, -0.15) is 4.91 Å². The van der Waals surface area contributed by atoms with E-state index in [-0.39, 0.29) is 0 Å². The van der Waals surface area contributed by atoms with E-state index in [1.165, 1.54) is 13.5 Å². The summed E-state index contributed by atoms with van der Waals surface area (Å²) < 4.78 is 5.22. The molecule has 0 N–H and O–H groups in total. The van der Waals surface area contributed by atoms with Gasteiger partial charge in [-0.15, -0.1) is 0 Å². The Morgan fingerprint density at radius 1 is 1.55 bits per heavy atom. The molecule has 11 heavy (non-hydrogen) atoms. The molecule has 0 aromatic carbocycles. The summed E-state index contributed by atoms with van der Waals surface area (Å²) in [4.78, 5) is 8.56. The predicted molar refractivity (Wildman–Crippen MR) is 45.5 cm³/mol. The van der Waals surface area contributed by atoms with Gasteiger partial charge in [0.15, 0.2) is 0 Å². The minimum atomic E-state index is 0.817. The first-order valence-electron chi connectivity index (χ1n) is 4.01. The minimum absolute atomic E-state index is 0.817. The molecule has 1 aliphatic heterocycles. The Bertz CT molecular complexity index is 98.3. The normalized spacial score (nSPS) is 22.7. The molecule has 0 bridgehead atoms. The maximum atomic E-state index is 8.56. The topological polar surface area (TPSA) is 38.7 Å². The SMILES string of the molecule is CC(C)C1CCOC1.CN=O. The van der Waals surface area contributed by atoms with Gasteiger partial charge in [0, 0.05) is 13.2 Å². The number of ether oxygens (including phenoxy) is 1. The zero-order chi connectivity index (χ0) is 8.69. The van der Waals surface area contributed by atoms with Crippen LogP contribution in [0.25, 0.3) is 0 Å². The molecule has 1 heterocycles. The summed E-state index contributed by atoms with van der Waals surface area (Å²) in [5.74, 6) is 1.66. The Labute approximate surface area is 68.1 Å². The largest absolute Gasteiger partial charge is 0.381 e. The molecule has 0 aromatic rings. The number of hydrogen-bond donors (Lipinski definition) is 0. The molecule has 3 heteroatoms. The number of nitroso groups, excluding NO2 is 1. The number of rotatable bonds is 1. The number of nitrogens with zero attached hydrogens (tertiary/aromatic N) is 1. The molecule has 0 aromatic heterocycles. The van der Waals surface area contributed by atoms with E-state index in [9.17, 15) is 0 Å². The third-order valence-electron chi connectivity index (χ3n) is 1.91. The third-order valence-corrected chi connectivity index (χ3v) is 1.91. The van der Waals surface area contributed by atoms with Crippen LogP contribution in [0.1, 0.15) is 20.3 Å². The Hall–Kier alpha value is -0.440. The molecular formula is C8H17NO2. The summed E-state index contributed by atoms with van der Waals surface area (Å²) in [6.07, 6.45) is 1.28. The average Bonchev–Trinajstić information content (AvgIpc) is 2.38. The monoisotopic (exact) mass is 159 g/mol. The van der Waals surface area contributed by atoms with Crippen molar-refractivity contribution < 1.29 is 4.74 Å². The van der Waals surface area contributed by atoms with Crippen molar-refractivity contribution in [2.24, 2.45) is 17.0 Å². The van der Waals surface area contributed by atoms with E-state index < -0.39 is 0 Å². The molecule has 1 saturated heterocycles. The van der Waals surface area contributed by atoms with Gasteiger partial charge in [-0.05, 0) is 18.3 Å². The molecule has 0 saturated carbocycles. The standard InChI is InChI=1S/C7H14O.CH3NO/c1-6(2)7-3-4-8-5-7;1-2-3/h6-7H,3-5H2,1-2H3;1H3. The first-order chi connectivity index (χ1) is 5.22. The van der Waals surface area contributed by atoms with Gasteiger partial charge < -0.3 is 4.74 Å². The second-order valence-corrected chi connectivity index (χ2v) is 3.05. The van der Waals surface area contributed by atoms with Crippen LogP contribution in [0.2, 0.25) is 0 Å². The van der Waals surface area contributed by atoms with Crippen LogP contribution >= 0.6 is 0 Å². The van der Waals surface area contributed by atoms with Crippen molar-refractivity contribution in [3.63, 3.8) is 0 Å². The quantitative estimate of drug-likeness (QED) is 0.549. The molecule has 1 atom stereocenters. The van der Waals surface area contributed by atoms with Gasteiger partial charge in [-0.3, -0.25) is 0 Å². The first-order valence-corrected chi connectivity index (χ1v) is 4.01. The first kappa shape index (κ1) is 10.6. The van der Waals surface area contributed by atoms with Crippen LogP contribution in [0.3, 0.4) is 0 Å². The fourth-order valence-electron chi connectivity index (χ4n) is 1.08. The van der Waals surface area contributed by atoms with Crippen LogP contribution in [-0.2, 0) is 4.74 Å². The highest BCUT2D eigenvalue weighted by Crippen LogP contribution is 2.20. The van der Waals surface area contributed by atoms with Crippen molar-refractivity contribution in [2.45, 2.75) is 20.3 Å². The van der Waals surface area contributed by atoms with Gasteiger partial charge in [0.1, 0.15) is 0 Å². The van der Waals surface area contributed by atoms with Crippen LogP contribution in [0.5, 0.6) is 0 Å². The highest BCUT2D eigenvalue weighted by atomic mass is 16.5. The van der Waals surface area contributed by atoms with E-state index in [1.807, 2.05) is 0 Å². The van der Waals surface area contributed by atoms with Gasteiger partial charge in [-0.1, -0.05) is 19.0 Å². The molecule has 1 unspecified atom stereocenters. The van der Waals surface area contributed by atoms with Crippen molar-refractivity contribution in [1.29, 1.82) is 0 Å². The van der Waals surface area contributed by atoms with Crippen molar-refractivity contribution in [3.05, 3.63) is 4.91 Å². The van der Waals surface area contributed by atoms with E-state index in [0.29, 0.717) is 0 Å². The molecule has 1 rings (SSSR count). The lowest BCUT2D eigenvalue weighted by Gasteiger charge is -2.09. The zero-order valence-corrected chi connectivity index (χ0v) is 7.54. The lowest BCUT2D eigenvalue weighted by molar-refractivity contribution is 0.177. The lowest BCUT2D eigenvalue weighted by Crippen LogP contribution is -2.06. The van der Waals surface area contributed by atoms with Gasteiger partial charge in [0.25, 0.3) is 0 Å². The third kappa shape index (κ3) is 4.90. The Balaban J connectivity index is 0.000000292. The molecule has 1 aliphatic rings. The maximum absolute atomic E-state index is 8.56. The Morgan fingerprint density at radius 3 is 2.27 bits per heavy atom. The smallest absolute Gasteiger partial charge is 0.0700 e. The van der Waals surface area contributed by atoms with E-state index >= 15 is 0 Å². The van der Waals surface area contributed by atoms with E-state index in [2.05, 4.69) is 19.0 Å². The number of hydrogen-bond acceptors (Lipinski definition) is 3. The van der Waals surface area contributed by atoms with Gasteiger partial charge >= 0.3 is 0 Å². The summed E-state index contributed by atoms with van der Waals surface area (Å²) in [7, 11) is 1.19. The lowest BCUT2D eigenvalue weighted by atomic mass is 9.96. The summed E-state index contributed by atoms with van der Waals surface area (Å²) in [5.41, 5.74) is 0. The van der Waals surface area contributed by atoms with Crippen molar-refractivity contribution in [2.75, 3.05) is 20.3 Å².